The molecule has 4 heterocycles. The summed E-state index contributed by atoms with van der Waals surface area (Å²) in [7, 11) is 0. The second-order valence-corrected chi connectivity index (χ2v) is 11.2. The van der Waals surface area contributed by atoms with Gasteiger partial charge >= 0.3 is 12.3 Å². The number of nitrogens with zero attached hydrogens (tertiary/aromatic N) is 5. The number of hydrogen-bond donors (Lipinski definition) is 0. The number of carbonyl (C=O) groups excluding carboxylic acids is 2. The molecule has 0 unspecified atom stereocenters. The highest BCUT2D eigenvalue weighted by Crippen LogP contribution is 2.36. The van der Waals surface area contributed by atoms with Crippen LogP contribution < -0.4 is 9.80 Å². The predicted molar refractivity (Wildman–Crippen MR) is 154 cm³/mol. The van der Waals surface area contributed by atoms with Crippen molar-refractivity contribution in [3.63, 3.8) is 0 Å². The van der Waals surface area contributed by atoms with Gasteiger partial charge in [0, 0.05) is 51.9 Å². The van der Waals surface area contributed by atoms with Crippen LogP contribution in [0.25, 0.3) is 0 Å². The molecule has 9 nitrogen and oxygen atoms in total. The lowest BCUT2D eigenvalue weighted by molar-refractivity contribution is -0.141. The van der Waals surface area contributed by atoms with E-state index in [1.54, 1.807) is 35.8 Å². The second-order valence-electron chi connectivity index (χ2n) is 11.2. The van der Waals surface area contributed by atoms with E-state index in [2.05, 4.69) is 22.1 Å². The van der Waals surface area contributed by atoms with Crippen molar-refractivity contribution in [1.82, 2.24) is 14.9 Å². The number of amides is 1. The number of benzene rings is 1. The molecule has 2 saturated heterocycles. The molecule has 2 aliphatic rings. The van der Waals surface area contributed by atoms with Crippen LogP contribution in [-0.2, 0) is 17.3 Å². The van der Waals surface area contributed by atoms with E-state index in [0.29, 0.717) is 56.6 Å². The number of alkyl halides is 3. The quantitative estimate of drug-likeness (QED) is 0.308. The van der Waals surface area contributed by atoms with Gasteiger partial charge in [-0.3, -0.25) is 4.79 Å². The summed E-state index contributed by atoms with van der Waals surface area (Å²) in [6, 6.07) is 13.2. The van der Waals surface area contributed by atoms with Crippen LogP contribution in [0.4, 0.5) is 29.8 Å². The number of ether oxygens (including phenoxy) is 1. The van der Waals surface area contributed by atoms with E-state index in [9.17, 15) is 22.8 Å². The minimum Gasteiger partial charge on any atom is -0.447 e. The number of halogens is 3. The summed E-state index contributed by atoms with van der Waals surface area (Å²) in [6.45, 7) is 6.84. The predicted octanol–water partition coefficient (Wildman–Crippen LogP) is 5.95. The van der Waals surface area contributed by atoms with E-state index < -0.39 is 23.4 Å². The van der Waals surface area contributed by atoms with Gasteiger partial charge in [-0.15, -0.1) is 0 Å². The molecule has 230 valence electrons. The number of ketones is 1. The number of piperidine rings is 1. The number of anilines is 2. The Balaban J connectivity index is 1.22. The molecule has 0 spiro atoms. The highest BCUT2D eigenvalue weighted by molar-refractivity contribution is 5.96. The van der Waals surface area contributed by atoms with Crippen LogP contribution in [0.2, 0.25) is 0 Å². The lowest BCUT2D eigenvalue weighted by atomic mass is 9.90. The standard InChI is InChI=1S/C31H36F3N5O4/c1-21(2)42-30(41)39-14-6-13-37(17-18-39)26-10-9-22(20-35-26)19-25(40)27-28(31(32,33)34)36-29(43-27)38-15-11-24(12-16-38)23-7-4-3-5-8-23/h3-5,7-10,20-21,24H,6,11-19H2,1-2H3. The normalized spacial score (nSPS) is 16.8. The van der Waals surface area contributed by atoms with Crippen LogP contribution in [-0.4, -0.2) is 72.1 Å². The Labute approximate surface area is 248 Å². The van der Waals surface area contributed by atoms with Crippen LogP contribution in [0.15, 0.2) is 53.1 Å². The van der Waals surface area contributed by atoms with Crippen LogP contribution >= 0.6 is 0 Å². The van der Waals surface area contributed by atoms with Gasteiger partial charge in [0.1, 0.15) is 5.82 Å². The van der Waals surface area contributed by atoms with E-state index in [4.69, 9.17) is 9.15 Å². The second kappa shape index (κ2) is 13.0. The molecule has 0 atom stereocenters. The zero-order valence-electron chi connectivity index (χ0n) is 24.3. The molecule has 12 heteroatoms. The Bertz CT molecular complexity index is 1390. The van der Waals surface area contributed by atoms with Gasteiger partial charge in [0.2, 0.25) is 11.5 Å². The molecule has 43 heavy (non-hydrogen) atoms. The molecule has 3 aromatic rings. The number of oxazole rings is 1. The average Bonchev–Trinajstić information content (AvgIpc) is 3.31. The Kier molecular flexibility index (Phi) is 9.22. The Hall–Kier alpha value is -4.09. The monoisotopic (exact) mass is 599 g/mol. The van der Waals surface area contributed by atoms with E-state index in [1.165, 1.54) is 11.8 Å². The third-order valence-electron chi connectivity index (χ3n) is 7.76. The molecule has 2 aromatic heterocycles. The first-order valence-corrected chi connectivity index (χ1v) is 14.6. The highest BCUT2D eigenvalue weighted by atomic mass is 19.4. The molecule has 0 N–H and O–H groups in total. The maximum Gasteiger partial charge on any atom is 0.437 e. The fraction of sp³-hybridized carbons (Fsp3) is 0.484. The lowest BCUT2D eigenvalue weighted by Crippen LogP contribution is -2.36. The van der Waals surface area contributed by atoms with Crippen molar-refractivity contribution in [3.8, 4) is 0 Å². The zero-order chi connectivity index (χ0) is 30.6. The van der Waals surface area contributed by atoms with Crippen molar-refractivity contribution in [2.75, 3.05) is 49.1 Å². The van der Waals surface area contributed by atoms with Gasteiger partial charge in [-0.2, -0.15) is 18.2 Å². The summed E-state index contributed by atoms with van der Waals surface area (Å²) in [5.74, 6) is -0.626. The Morgan fingerprint density at radius 2 is 1.72 bits per heavy atom. The van der Waals surface area contributed by atoms with Gasteiger partial charge in [0.25, 0.3) is 6.01 Å². The van der Waals surface area contributed by atoms with Crippen LogP contribution in [0, 0.1) is 0 Å². The number of pyridine rings is 1. The summed E-state index contributed by atoms with van der Waals surface area (Å²) < 4.78 is 52.5. The maximum absolute atomic E-state index is 13.9. The summed E-state index contributed by atoms with van der Waals surface area (Å²) in [5, 5.41) is 0. The van der Waals surface area contributed by atoms with Gasteiger partial charge in [-0.1, -0.05) is 36.4 Å². The van der Waals surface area contributed by atoms with Gasteiger partial charge in [0.15, 0.2) is 5.69 Å². The molecule has 1 amide bonds. The minimum absolute atomic E-state index is 0.178. The lowest BCUT2D eigenvalue weighted by Gasteiger charge is -2.31. The van der Waals surface area contributed by atoms with Gasteiger partial charge in [0.05, 0.1) is 6.10 Å². The minimum atomic E-state index is -4.83. The van der Waals surface area contributed by atoms with E-state index >= 15 is 0 Å². The number of Topliss-reactive ketones (excluding diaryl/α,β-unsaturated/α-hetero) is 1. The van der Waals surface area contributed by atoms with Crippen molar-refractivity contribution in [1.29, 1.82) is 0 Å². The fourth-order valence-electron chi connectivity index (χ4n) is 5.53. The first kappa shape index (κ1) is 30.4. The highest BCUT2D eigenvalue weighted by Gasteiger charge is 2.42. The number of rotatable bonds is 7. The molecular formula is C31H36F3N5O4. The fourth-order valence-corrected chi connectivity index (χ4v) is 5.53. The average molecular weight is 600 g/mol. The first-order valence-electron chi connectivity index (χ1n) is 14.6. The van der Waals surface area contributed by atoms with E-state index in [1.807, 2.05) is 23.1 Å². The molecule has 1 aromatic carbocycles. The van der Waals surface area contributed by atoms with Crippen LogP contribution in [0.1, 0.15) is 66.4 Å². The molecule has 0 saturated carbocycles. The van der Waals surface area contributed by atoms with E-state index in [0.717, 1.165) is 19.3 Å². The van der Waals surface area contributed by atoms with Crippen molar-refractivity contribution in [2.24, 2.45) is 0 Å². The Morgan fingerprint density at radius 3 is 2.37 bits per heavy atom. The summed E-state index contributed by atoms with van der Waals surface area (Å²) >= 11 is 0. The van der Waals surface area contributed by atoms with Gasteiger partial charge < -0.3 is 23.9 Å². The topological polar surface area (TPSA) is 92.0 Å². The SMILES string of the molecule is CC(C)OC(=O)N1CCCN(c2ccc(CC(=O)c3oc(N4CCC(c5ccccc5)CC4)nc3C(F)(F)F)cn2)CC1. The molecule has 0 aliphatic carbocycles. The first-order chi connectivity index (χ1) is 20.6. The third kappa shape index (κ3) is 7.47. The molecule has 0 bridgehead atoms. The molecular weight excluding hydrogens is 563 g/mol. The maximum atomic E-state index is 13.9. The molecule has 2 fully saturated rings. The molecule has 2 aliphatic heterocycles. The third-order valence-corrected chi connectivity index (χ3v) is 7.76. The van der Waals surface area contributed by atoms with Crippen molar-refractivity contribution >= 4 is 23.7 Å². The van der Waals surface area contributed by atoms with Crippen molar-refractivity contribution in [2.45, 2.75) is 57.7 Å². The summed E-state index contributed by atoms with van der Waals surface area (Å²) in [6.07, 6.45) is -1.98. The van der Waals surface area contributed by atoms with E-state index in [-0.39, 0.29) is 24.6 Å². The van der Waals surface area contributed by atoms with Crippen LogP contribution in [0.3, 0.4) is 0 Å². The van der Waals surface area contributed by atoms with Gasteiger partial charge in [-0.25, -0.2) is 9.78 Å². The number of carbonyl (C=O) groups is 2. The van der Waals surface area contributed by atoms with Crippen molar-refractivity contribution < 1.29 is 31.9 Å². The summed E-state index contributed by atoms with van der Waals surface area (Å²) in [4.78, 5) is 38.9. The van der Waals surface area contributed by atoms with Gasteiger partial charge in [-0.05, 0) is 56.2 Å². The zero-order valence-corrected chi connectivity index (χ0v) is 24.3. The van der Waals surface area contributed by atoms with Crippen LogP contribution in [0.5, 0.6) is 0 Å². The number of aromatic nitrogens is 2. The largest absolute Gasteiger partial charge is 0.447 e. The summed E-state index contributed by atoms with van der Waals surface area (Å²) in [5.41, 5.74) is 0.359. The smallest absolute Gasteiger partial charge is 0.437 e. The molecule has 0 radical (unpaired) electrons. The van der Waals surface area contributed by atoms with Crippen molar-refractivity contribution in [3.05, 3.63) is 71.2 Å². The Morgan fingerprint density at radius 1 is 0.977 bits per heavy atom. The number of hydrogen-bond acceptors (Lipinski definition) is 8. The molecule has 5 rings (SSSR count).